The van der Waals surface area contributed by atoms with Gasteiger partial charge in [-0.05, 0) is 61.7 Å². The number of nitrogens with one attached hydrogen (secondary N) is 1. The highest BCUT2D eigenvalue weighted by atomic mass is 32.2. The third-order valence-electron chi connectivity index (χ3n) is 5.83. The lowest BCUT2D eigenvalue weighted by Crippen LogP contribution is -2.52. The molecule has 2 atom stereocenters. The van der Waals surface area contributed by atoms with Crippen molar-refractivity contribution in [3.63, 3.8) is 0 Å². The van der Waals surface area contributed by atoms with Crippen molar-refractivity contribution in [2.24, 2.45) is 0 Å². The summed E-state index contributed by atoms with van der Waals surface area (Å²) in [5.41, 5.74) is 0.164. The fraction of sp³-hybridized carbons (Fsp3) is 0.409. The van der Waals surface area contributed by atoms with Gasteiger partial charge < -0.3 is 14.6 Å². The Bertz CT molecular complexity index is 1330. The van der Waals surface area contributed by atoms with Crippen LogP contribution >= 0.6 is 0 Å². The molecule has 0 radical (unpaired) electrons. The van der Waals surface area contributed by atoms with E-state index in [1.54, 1.807) is 0 Å². The lowest BCUT2D eigenvalue weighted by molar-refractivity contribution is -0.0573. The standard InChI is InChI=1S/C22H26FN3O8S2/c1-35(29,30)26(21-4-2-3-11-33-21)14-17-13-25(36(31,32)18-8-5-15(23)6-9-18)19-12-16(24-22(27)28)7-10-20(19)34-17/h5-10,12,17,21,24H,2-4,11,13-14H2,1H3,(H,27,28)/t17-,21?/m0/s1. The van der Waals surface area contributed by atoms with Crippen molar-refractivity contribution in [3.8, 4) is 5.75 Å². The van der Waals surface area contributed by atoms with E-state index in [1.165, 1.54) is 22.5 Å². The molecule has 2 aliphatic heterocycles. The maximum Gasteiger partial charge on any atom is 0.409 e. The van der Waals surface area contributed by atoms with Crippen LogP contribution in [0.1, 0.15) is 19.3 Å². The van der Waals surface area contributed by atoms with Gasteiger partial charge >= 0.3 is 6.09 Å². The van der Waals surface area contributed by atoms with Crippen LogP contribution < -0.4 is 14.4 Å². The van der Waals surface area contributed by atoms with E-state index in [-0.39, 0.29) is 35.1 Å². The highest BCUT2D eigenvalue weighted by Gasteiger charge is 2.39. The molecule has 1 amide bonds. The number of carboxylic acid groups (broad SMARTS) is 1. The maximum absolute atomic E-state index is 13.6. The van der Waals surface area contributed by atoms with Crippen LogP contribution in [0, 0.1) is 5.82 Å². The summed E-state index contributed by atoms with van der Waals surface area (Å²) in [4.78, 5) is 10.9. The van der Waals surface area contributed by atoms with E-state index in [0.717, 1.165) is 47.7 Å². The minimum absolute atomic E-state index is 0.0571. The van der Waals surface area contributed by atoms with Crippen LogP contribution in [0.3, 0.4) is 0 Å². The zero-order valence-electron chi connectivity index (χ0n) is 19.3. The van der Waals surface area contributed by atoms with Crippen LogP contribution in [0.2, 0.25) is 0 Å². The zero-order valence-corrected chi connectivity index (χ0v) is 21.0. The Hall–Kier alpha value is -2.94. The van der Waals surface area contributed by atoms with Gasteiger partial charge in [0.1, 0.15) is 23.9 Å². The molecule has 2 N–H and O–H groups in total. The number of rotatable bonds is 7. The Labute approximate surface area is 208 Å². The van der Waals surface area contributed by atoms with Crippen molar-refractivity contribution < 1.29 is 40.6 Å². The second-order valence-electron chi connectivity index (χ2n) is 8.50. The second kappa shape index (κ2) is 10.2. The molecule has 2 aromatic rings. The third-order valence-corrected chi connectivity index (χ3v) is 8.86. The number of anilines is 2. The van der Waals surface area contributed by atoms with E-state index in [0.29, 0.717) is 13.0 Å². The highest BCUT2D eigenvalue weighted by molar-refractivity contribution is 7.92. The van der Waals surface area contributed by atoms with Crippen LogP contribution in [-0.4, -0.2) is 70.6 Å². The van der Waals surface area contributed by atoms with Gasteiger partial charge in [0.05, 0.1) is 29.9 Å². The van der Waals surface area contributed by atoms with Crippen LogP contribution in [0.15, 0.2) is 47.4 Å². The van der Waals surface area contributed by atoms with Gasteiger partial charge in [0.2, 0.25) is 10.0 Å². The molecule has 0 saturated carbocycles. The van der Waals surface area contributed by atoms with E-state index in [1.807, 2.05) is 0 Å². The number of benzene rings is 2. The van der Waals surface area contributed by atoms with Crippen molar-refractivity contribution in [2.45, 2.75) is 36.5 Å². The lowest BCUT2D eigenvalue weighted by atomic mass is 10.1. The molecular weight excluding hydrogens is 517 g/mol. The van der Waals surface area contributed by atoms with Gasteiger partial charge in [0.25, 0.3) is 10.0 Å². The summed E-state index contributed by atoms with van der Waals surface area (Å²) in [6, 6.07) is 8.37. The maximum atomic E-state index is 13.6. The highest BCUT2D eigenvalue weighted by Crippen LogP contribution is 2.39. The molecule has 4 rings (SSSR count). The number of hydrogen-bond acceptors (Lipinski definition) is 7. The Morgan fingerprint density at radius 3 is 2.50 bits per heavy atom. The zero-order chi connectivity index (χ0) is 26.1. The van der Waals surface area contributed by atoms with Crippen molar-refractivity contribution >= 4 is 37.5 Å². The van der Waals surface area contributed by atoms with E-state index in [9.17, 15) is 26.0 Å². The van der Waals surface area contributed by atoms with Gasteiger partial charge in [-0.25, -0.2) is 26.0 Å². The van der Waals surface area contributed by atoms with E-state index in [2.05, 4.69) is 5.32 Å². The first-order valence-electron chi connectivity index (χ1n) is 11.1. The van der Waals surface area contributed by atoms with E-state index >= 15 is 0 Å². The Morgan fingerprint density at radius 1 is 1.17 bits per heavy atom. The molecule has 1 saturated heterocycles. The van der Waals surface area contributed by atoms with Crippen LogP contribution in [0.4, 0.5) is 20.6 Å². The molecule has 14 heteroatoms. The number of ether oxygens (including phenoxy) is 2. The van der Waals surface area contributed by atoms with Gasteiger partial charge in [-0.3, -0.25) is 9.62 Å². The van der Waals surface area contributed by atoms with Gasteiger partial charge in [0, 0.05) is 12.3 Å². The molecular formula is C22H26FN3O8S2. The van der Waals surface area contributed by atoms with Crippen molar-refractivity contribution in [1.29, 1.82) is 0 Å². The topological polar surface area (TPSA) is 143 Å². The Balaban J connectivity index is 1.72. The first-order chi connectivity index (χ1) is 16.9. The Morgan fingerprint density at radius 2 is 1.89 bits per heavy atom. The smallest absolute Gasteiger partial charge is 0.409 e. The monoisotopic (exact) mass is 543 g/mol. The molecule has 11 nitrogen and oxygen atoms in total. The first-order valence-corrected chi connectivity index (χ1v) is 14.4. The van der Waals surface area contributed by atoms with Crippen LogP contribution in [0.5, 0.6) is 5.75 Å². The van der Waals surface area contributed by atoms with Gasteiger partial charge in [-0.1, -0.05) is 0 Å². The van der Waals surface area contributed by atoms with Crippen molar-refractivity contribution in [3.05, 3.63) is 48.3 Å². The van der Waals surface area contributed by atoms with E-state index in [4.69, 9.17) is 14.6 Å². The molecule has 36 heavy (non-hydrogen) atoms. The number of hydrogen-bond donors (Lipinski definition) is 2. The number of sulfonamides is 2. The molecule has 1 unspecified atom stereocenters. The number of nitrogens with zero attached hydrogens (tertiary/aromatic N) is 2. The number of fused-ring (bicyclic) bond motifs is 1. The molecule has 0 bridgehead atoms. The molecule has 196 valence electrons. The van der Waals surface area contributed by atoms with Crippen LogP contribution in [0.25, 0.3) is 0 Å². The predicted octanol–water partition coefficient (Wildman–Crippen LogP) is 2.66. The summed E-state index contributed by atoms with van der Waals surface area (Å²) in [5, 5.41) is 11.2. The van der Waals surface area contributed by atoms with Crippen LogP contribution in [-0.2, 0) is 24.8 Å². The minimum atomic E-state index is -4.25. The van der Waals surface area contributed by atoms with Crippen molar-refractivity contribution in [2.75, 3.05) is 35.6 Å². The summed E-state index contributed by atoms with van der Waals surface area (Å²) in [5.74, 6) is -0.496. The summed E-state index contributed by atoms with van der Waals surface area (Å²) in [6.45, 7) is -0.0368. The molecule has 2 aliphatic rings. The number of carbonyl (C=O) groups is 1. The summed E-state index contributed by atoms with van der Waals surface area (Å²) >= 11 is 0. The summed E-state index contributed by atoms with van der Waals surface area (Å²) in [7, 11) is -7.98. The average molecular weight is 544 g/mol. The summed E-state index contributed by atoms with van der Waals surface area (Å²) < 4.78 is 79.6. The largest absolute Gasteiger partial charge is 0.485 e. The van der Waals surface area contributed by atoms with Crippen molar-refractivity contribution in [1.82, 2.24) is 4.31 Å². The first kappa shape index (κ1) is 26.1. The predicted molar refractivity (Wildman–Crippen MR) is 129 cm³/mol. The fourth-order valence-corrected chi connectivity index (χ4v) is 6.72. The lowest BCUT2D eigenvalue weighted by Gasteiger charge is -2.39. The van der Waals surface area contributed by atoms with Gasteiger partial charge in [-0.15, -0.1) is 0 Å². The quantitative estimate of drug-likeness (QED) is 0.543. The van der Waals surface area contributed by atoms with E-state index < -0.39 is 44.3 Å². The number of amides is 1. The summed E-state index contributed by atoms with van der Waals surface area (Å²) in [6.07, 6.45) is 0.215. The average Bonchev–Trinajstić information content (AvgIpc) is 2.82. The molecule has 2 aromatic carbocycles. The van der Waals surface area contributed by atoms with Gasteiger partial charge in [-0.2, -0.15) is 4.31 Å². The normalized spacial score (nSPS) is 20.5. The fourth-order valence-electron chi connectivity index (χ4n) is 4.19. The molecule has 0 aliphatic carbocycles. The molecule has 1 fully saturated rings. The molecule has 2 heterocycles. The molecule has 0 aromatic heterocycles. The minimum Gasteiger partial charge on any atom is -0.485 e. The SMILES string of the molecule is CS(=O)(=O)N(C[C@@H]1CN(S(=O)(=O)c2ccc(F)cc2)c2cc(NC(=O)O)ccc2O1)C1CCCCO1. The number of halogens is 1. The third kappa shape index (κ3) is 5.72. The second-order valence-corrected chi connectivity index (χ2v) is 12.3. The molecule has 0 spiro atoms. The Kier molecular flexibility index (Phi) is 7.41. The van der Waals surface area contributed by atoms with Gasteiger partial charge in [0.15, 0.2) is 0 Å².